The third-order valence-electron chi connectivity index (χ3n) is 5.97. The number of hydrogen-bond acceptors (Lipinski definition) is 6. The zero-order valence-electron chi connectivity index (χ0n) is 19.8. The quantitative estimate of drug-likeness (QED) is 0.612. The number of carbonyl (C=O) groups is 2. The Labute approximate surface area is 200 Å². The molecule has 0 radical (unpaired) electrons. The highest BCUT2D eigenvalue weighted by atomic mass is 32.2. The van der Waals surface area contributed by atoms with Gasteiger partial charge in [-0.15, -0.1) is 11.3 Å². The second-order valence-corrected chi connectivity index (χ2v) is 11.3. The minimum absolute atomic E-state index is 0.0647. The first-order chi connectivity index (χ1) is 15.6. The molecule has 1 N–H and O–H groups in total. The number of nitrogens with one attached hydrogen (secondary N) is 1. The largest absolute Gasteiger partial charge is 0.339 e. The first-order valence-electron chi connectivity index (χ1n) is 11.1. The number of sulfonamides is 1. The Morgan fingerprint density at radius 2 is 1.73 bits per heavy atom. The van der Waals surface area contributed by atoms with Gasteiger partial charge < -0.3 is 10.2 Å². The van der Waals surface area contributed by atoms with Crippen LogP contribution in [0.25, 0.3) is 0 Å². The summed E-state index contributed by atoms with van der Waals surface area (Å²) in [5, 5.41) is 3.50. The fourth-order valence-electron chi connectivity index (χ4n) is 3.87. The highest BCUT2D eigenvalue weighted by Crippen LogP contribution is 2.38. The molecule has 0 spiro atoms. The normalized spacial score (nSPS) is 14.2. The molecular weight excluding hydrogens is 460 g/mol. The van der Waals surface area contributed by atoms with Crippen LogP contribution < -0.4 is 5.32 Å². The van der Waals surface area contributed by atoms with Crippen molar-refractivity contribution in [2.45, 2.75) is 38.6 Å². The molecule has 33 heavy (non-hydrogen) atoms. The lowest BCUT2D eigenvalue weighted by atomic mass is 10.0. The molecule has 1 aliphatic heterocycles. The lowest BCUT2D eigenvalue weighted by Gasteiger charge is -2.26. The van der Waals surface area contributed by atoms with Crippen molar-refractivity contribution in [2.75, 3.05) is 45.6 Å². The maximum Gasteiger partial charge on any atom is 0.257 e. The van der Waals surface area contributed by atoms with Crippen molar-refractivity contribution in [3.8, 4) is 0 Å². The molecule has 0 unspecified atom stereocenters. The molecule has 2 aromatic rings. The number of thiophene rings is 1. The van der Waals surface area contributed by atoms with E-state index in [2.05, 4.69) is 17.1 Å². The summed E-state index contributed by atoms with van der Waals surface area (Å²) < 4.78 is 25.7. The molecule has 180 valence electrons. The van der Waals surface area contributed by atoms with Crippen LogP contribution in [0.4, 0.5) is 5.00 Å². The number of amides is 2. The van der Waals surface area contributed by atoms with Gasteiger partial charge in [0, 0.05) is 50.7 Å². The maximum atomic E-state index is 13.3. The molecule has 0 saturated heterocycles. The van der Waals surface area contributed by atoms with E-state index in [9.17, 15) is 18.0 Å². The summed E-state index contributed by atoms with van der Waals surface area (Å²) in [6, 6.07) is 5.82. The first kappa shape index (κ1) is 25.4. The molecule has 3 rings (SSSR count). The Bertz CT molecular complexity index is 1120. The molecule has 1 aliphatic rings. The van der Waals surface area contributed by atoms with Crippen LogP contribution in [0.1, 0.15) is 51.9 Å². The van der Waals surface area contributed by atoms with Gasteiger partial charge in [0.25, 0.3) is 11.8 Å². The number of anilines is 1. The molecule has 2 amide bonds. The van der Waals surface area contributed by atoms with Crippen molar-refractivity contribution in [1.82, 2.24) is 14.1 Å². The van der Waals surface area contributed by atoms with E-state index in [0.29, 0.717) is 29.2 Å². The van der Waals surface area contributed by atoms with E-state index >= 15 is 0 Å². The van der Waals surface area contributed by atoms with Gasteiger partial charge in [0.15, 0.2) is 0 Å². The third-order valence-corrected chi connectivity index (χ3v) is 8.93. The monoisotopic (exact) mass is 492 g/mol. The summed E-state index contributed by atoms with van der Waals surface area (Å²) in [6.07, 6.45) is 0.773. The van der Waals surface area contributed by atoms with E-state index in [4.69, 9.17) is 0 Å². The fraction of sp³-hybridized carbons (Fsp3) is 0.478. The summed E-state index contributed by atoms with van der Waals surface area (Å²) >= 11 is 1.46. The van der Waals surface area contributed by atoms with E-state index in [1.165, 1.54) is 49.7 Å². The van der Waals surface area contributed by atoms with Gasteiger partial charge in [0.05, 0.1) is 10.5 Å². The van der Waals surface area contributed by atoms with Crippen molar-refractivity contribution >= 4 is 38.2 Å². The molecule has 0 aliphatic carbocycles. The van der Waals surface area contributed by atoms with Crippen LogP contribution in [0.5, 0.6) is 0 Å². The Morgan fingerprint density at radius 3 is 2.27 bits per heavy atom. The molecule has 2 heterocycles. The number of nitrogens with zero attached hydrogens (tertiary/aromatic N) is 3. The fourth-order valence-corrected chi connectivity index (χ4v) is 6.05. The molecule has 0 bridgehead atoms. The Hall–Kier alpha value is -2.27. The molecule has 1 aromatic carbocycles. The molecule has 0 atom stereocenters. The van der Waals surface area contributed by atoms with Crippen LogP contribution in [-0.4, -0.2) is 74.6 Å². The van der Waals surface area contributed by atoms with E-state index in [-0.39, 0.29) is 16.7 Å². The number of carbonyl (C=O) groups excluding carboxylic acids is 2. The van der Waals surface area contributed by atoms with Crippen molar-refractivity contribution in [1.29, 1.82) is 0 Å². The van der Waals surface area contributed by atoms with Gasteiger partial charge in [-0.2, -0.15) is 0 Å². The van der Waals surface area contributed by atoms with E-state index in [0.717, 1.165) is 40.8 Å². The number of rotatable bonds is 8. The molecule has 1 aromatic heterocycles. The average Bonchev–Trinajstić information content (AvgIpc) is 3.16. The molecule has 10 heteroatoms. The van der Waals surface area contributed by atoms with Crippen molar-refractivity contribution < 1.29 is 18.0 Å². The Kier molecular flexibility index (Phi) is 7.94. The molecule has 0 fully saturated rings. The third kappa shape index (κ3) is 5.13. The minimum Gasteiger partial charge on any atom is -0.339 e. The summed E-state index contributed by atoms with van der Waals surface area (Å²) in [6.45, 7) is 9.77. The van der Waals surface area contributed by atoms with Crippen molar-refractivity contribution in [3.05, 3.63) is 45.8 Å². The smallest absolute Gasteiger partial charge is 0.257 e. The zero-order valence-corrected chi connectivity index (χ0v) is 21.5. The van der Waals surface area contributed by atoms with Gasteiger partial charge in [-0.05, 0) is 56.6 Å². The molecule has 0 saturated carbocycles. The average molecular weight is 493 g/mol. The predicted octanol–water partition coefficient (Wildman–Crippen LogP) is 3.11. The standard InChI is InChI=1S/C23H32N4O4S2/c1-6-26-14-13-18-19(15-26)32-22(20(18)23(29)27(7-2)8-3)24-21(28)16-9-11-17(12-10-16)33(30,31)25(4)5/h9-12H,6-8,13-15H2,1-5H3,(H,24,28). The lowest BCUT2D eigenvalue weighted by Crippen LogP contribution is -2.34. The van der Waals surface area contributed by atoms with Crippen LogP contribution in [0.2, 0.25) is 0 Å². The van der Waals surface area contributed by atoms with E-state index in [1.807, 2.05) is 13.8 Å². The van der Waals surface area contributed by atoms with Gasteiger partial charge in [-0.25, -0.2) is 12.7 Å². The van der Waals surface area contributed by atoms with Crippen molar-refractivity contribution in [2.24, 2.45) is 0 Å². The molecule has 8 nitrogen and oxygen atoms in total. The number of benzene rings is 1. The Morgan fingerprint density at radius 1 is 1.09 bits per heavy atom. The van der Waals surface area contributed by atoms with Gasteiger partial charge in [0.1, 0.15) is 5.00 Å². The number of fused-ring (bicyclic) bond motifs is 1. The van der Waals surface area contributed by atoms with Crippen molar-refractivity contribution in [3.63, 3.8) is 0 Å². The summed E-state index contributed by atoms with van der Waals surface area (Å²) in [5.41, 5.74) is 1.95. The number of likely N-dealkylation sites (N-methyl/N-ethyl adjacent to an activating group) is 1. The highest BCUT2D eigenvalue weighted by Gasteiger charge is 2.30. The second kappa shape index (κ2) is 10.3. The van der Waals surface area contributed by atoms with Gasteiger partial charge >= 0.3 is 0 Å². The van der Waals surface area contributed by atoms with Gasteiger partial charge in [0.2, 0.25) is 10.0 Å². The summed E-state index contributed by atoms with van der Waals surface area (Å²) in [7, 11) is -0.651. The van der Waals surface area contributed by atoms with Crippen LogP contribution in [0.3, 0.4) is 0 Å². The summed E-state index contributed by atoms with van der Waals surface area (Å²) in [5.74, 6) is -0.437. The first-order valence-corrected chi connectivity index (χ1v) is 13.4. The number of hydrogen-bond donors (Lipinski definition) is 1. The topological polar surface area (TPSA) is 90.0 Å². The predicted molar refractivity (Wildman–Crippen MR) is 131 cm³/mol. The molecular formula is C23H32N4O4S2. The van der Waals surface area contributed by atoms with E-state index in [1.54, 1.807) is 4.90 Å². The maximum absolute atomic E-state index is 13.3. The highest BCUT2D eigenvalue weighted by molar-refractivity contribution is 7.89. The Balaban J connectivity index is 1.93. The second-order valence-electron chi connectivity index (χ2n) is 8.07. The van der Waals surface area contributed by atoms with E-state index < -0.39 is 10.0 Å². The van der Waals surface area contributed by atoms with Crippen LogP contribution in [-0.2, 0) is 23.0 Å². The van der Waals surface area contributed by atoms with Gasteiger partial charge in [-0.1, -0.05) is 6.92 Å². The van der Waals surface area contributed by atoms with Gasteiger partial charge in [-0.3, -0.25) is 14.5 Å². The lowest BCUT2D eigenvalue weighted by molar-refractivity contribution is 0.0772. The summed E-state index contributed by atoms with van der Waals surface area (Å²) in [4.78, 5) is 31.7. The SMILES string of the molecule is CCN1CCc2c(sc(NC(=O)c3ccc(S(=O)(=O)N(C)C)cc3)c2C(=O)N(CC)CC)C1. The van der Waals surface area contributed by atoms with Crippen LogP contribution >= 0.6 is 11.3 Å². The minimum atomic E-state index is -3.57. The zero-order chi connectivity index (χ0) is 24.3. The van der Waals surface area contributed by atoms with Crippen LogP contribution in [0, 0.1) is 0 Å². The van der Waals surface area contributed by atoms with Crippen LogP contribution in [0.15, 0.2) is 29.2 Å².